The van der Waals surface area contributed by atoms with Crippen LogP contribution in [0.2, 0.25) is 0 Å². The summed E-state index contributed by atoms with van der Waals surface area (Å²) in [5.41, 5.74) is -0.804. The standard InChI is InChI=1S/C31H39FO5/c1-5-25(33)37-31-17-12-24-28(3)14-6-15-29(4,23(28)11-16-30(24,19-31)26(34)20(31)2)27(35)36-18-13-21-7-9-22(32)10-8-21/h7-10,23-24H,2,5-6,11-19H2,1,3-4H3/t23-,24-,28+,29+,30+,31-/m0/s1. The van der Waals surface area contributed by atoms with Gasteiger partial charge >= 0.3 is 11.9 Å². The molecule has 5 nitrogen and oxygen atoms in total. The zero-order valence-electron chi connectivity index (χ0n) is 22.4. The van der Waals surface area contributed by atoms with E-state index in [0.717, 1.165) is 37.7 Å². The molecule has 1 spiro atoms. The van der Waals surface area contributed by atoms with Crippen molar-refractivity contribution in [2.45, 2.75) is 90.6 Å². The van der Waals surface area contributed by atoms with E-state index in [1.807, 2.05) is 0 Å². The molecule has 0 radical (unpaired) electrons. The van der Waals surface area contributed by atoms with Crippen LogP contribution in [0.4, 0.5) is 4.39 Å². The molecule has 4 aliphatic carbocycles. The van der Waals surface area contributed by atoms with Crippen molar-refractivity contribution in [3.8, 4) is 0 Å². The highest BCUT2D eigenvalue weighted by molar-refractivity contribution is 6.05. The second-order valence-electron chi connectivity index (χ2n) is 12.4. The monoisotopic (exact) mass is 510 g/mol. The number of halogens is 1. The average molecular weight is 511 g/mol. The first kappa shape index (κ1) is 26.1. The predicted octanol–water partition coefficient (Wildman–Crippen LogP) is 6.14. The third-order valence-electron chi connectivity index (χ3n) is 10.6. The van der Waals surface area contributed by atoms with Crippen molar-refractivity contribution in [2.24, 2.45) is 28.1 Å². The zero-order valence-corrected chi connectivity index (χ0v) is 22.4. The summed E-state index contributed by atoms with van der Waals surface area (Å²) in [6.07, 6.45) is 6.91. The molecule has 200 valence electrons. The third kappa shape index (κ3) is 3.88. The van der Waals surface area contributed by atoms with Gasteiger partial charge in [0, 0.05) is 30.3 Å². The van der Waals surface area contributed by atoms with Gasteiger partial charge in [0.05, 0.1) is 12.0 Å². The summed E-state index contributed by atoms with van der Waals surface area (Å²) >= 11 is 0. The first-order valence-electron chi connectivity index (χ1n) is 13.9. The molecule has 6 atom stereocenters. The first-order chi connectivity index (χ1) is 17.5. The number of carbonyl (C=O) groups is 3. The summed E-state index contributed by atoms with van der Waals surface area (Å²) < 4.78 is 25.0. The lowest BCUT2D eigenvalue weighted by Crippen LogP contribution is -2.60. The van der Waals surface area contributed by atoms with Crippen LogP contribution in [-0.2, 0) is 30.3 Å². The van der Waals surface area contributed by atoms with Crippen LogP contribution < -0.4 is 0 Å². The Balaban J connectivity index is 1.35. The van der Waals surface area contributed by atoms with Crippen LogP contribution in [0.3, 0.4) is 0 Å². The summed E-state index contributed by atoms with van der Waals surface area (Å²) in [6, 6.07) is 6.28. The Morgan fingerprint density at radius 1 is 1.05 bits per heavy atom. The quantitative estimate of drug-likeness (QED) is 0.340. The molecule has 0 aromatic heterocycles. The summed E-state index contributed by atoms with van der Waals surface area (Å²) in [6.45, 7) is 10.5. The highest BCUT2D eigenvalue weighted by atomic mass is 19.1. The van der Waals surface area contributed by atoms with Crippen LogP contribution in [0.1, 0.15) is 84.1 Å². The van der Waals surface area contributed by atoms with Crippen molar-refractivity contribution in [1.29, 1.82) is 0 Å². The van der Waals surface area contributed by atoms with E-state index in [1.54, 1.807) is 19.1 Å². The third-order valence-corrected chi connectivity index (χ3v) is 10.6. The average Bonchev–Trinajstić information content (AvgIpc) is 3.02. The fourth-order valence-corrected chi connectivity index (χ4v) is 8.86. The van der Waals surface area contributed by atoms with Gasteiger partial charge in [0.1, 0.15) is 11.4 Å². The van der Waals surface area contributed by atoms with E-state index in [4.69, 9.17) is 9.47 Å². The van der Waals surface area contributed by atoms with E-state index < -0.39 is 16.4 Å². The number of ketones is 1. The number of carbonyl (C=O) groups excluding carboxylic acids is 3. The minimum atomic E-state index is -0.860. The highest BCUT2D eigenvalue weighted by Crippen LogP contribution is 2.72. The van der Waals surface area contributed by atoms with Gasteiger partial charge in [-0.1, -0.05) is 39.0 Å². The number of rotatable bonds is 6. The Hall–Kier alpha value is -2.50. The molecule has 4 saturated carbocycles. The van der Waals surface area contributed by atoms with Gasteiger partial charge in [-0.15, -0.1) is 0 Å². The van der Waals surface area contributed by atoms with E-state index in [2.05, 4.69) is 20.4 Å². The molecule has 0 saturated heterocycles. The van der Waals surface area contributed by atoms with E-state index in [1.165, 1.54) is 12.1 Å². The zero-order chi connectivity index (χ0) is 26.6. The lowest BCUT2D eigenvalue weighted by molar-refractivity contribution is -0.195. The van der Waals surface area contributed by atoms with Crippen LogP contribution in [0.15, 0.2) is 36.4 Å². The smallest absolute Gasteiger partial charge is 0.312 e. The van der Waals surface area contributed by atoms with Crippen LogP contribution in [-0.4, -0.2) is 29.9 Å². The Labute approximate surface area is 219 Å². The van der Waals surface area contributed by atoms with Gasteiger partial charge in [-0.25, -0.2) is 4.39 Å². The Morgan fingerprint density at radius 2 is 1.76 bits per heavy atom. The van der Waals surface area contributed by atoms with Gasteiger partial charge < -0.3 is 9.47 Å². The molecular formula is C31H39FO5. The van der Waals surface area contributed by atoms with E-state index in [9.17, 15) is 18.8 Å². The molecule has 1 aromatic carbocycles. The largest absolute Gasteiger partial charge is 0.465 e. The summed E-state index contributed by atoms with van der Waals surface area (Å²) in [7, 11) is 0. The maximum absolute atomic E-state index is 13.8. The van der Waals surface area contributed by atoms with E-state index in [0.29, 0.717) is 31.3 Å². The number of hydrogen-bond acceptors (Lipinski definition) is 5. The number of hydrogen-bond donors (Lipinski definition) is 0. The predicted molar refractivity (Wildman–Crippen MR) is 137 cm³/mol. The molecule has 1 aromatic rings. The minimum Gasteiger partial charge on any atom is -0.465 e. The number of Topliss-reactive ketones (excluding diaryl/α,β-unsaturated/α-hetero) is 1. The van der Waals surface area contributed by atoms with Gasteiger partial charge in [0.2, 0.25) is 0 Å². The summed E-state index contributed by atoms with van der Waals surface area (Å²) in [4.78, 5) is 39.7. The molecule has 5 rings (SSSR count). The van der Waals surface area contributed by atoms with Crippen molar-refractivity contribution in [2.75, 3.05) is 6.61 Å². The Morgan fingerprint density at radius 3 is 2.46 bits per heavy atom. The van der Waals surface area contributed by atoms with Gasteiger partial charge in [-0.05, 0) is 80.4 Å². The normalized spacial score (nSPS) is 38.5. The van der Waals surface area contributed by atoms with Gasteiger partial charge in [-0.2, -0.15) is 0 Å². The molecule has 0 N–H and O–H groups in total. The molecular weight excluding hydrogens is 471 g/mol. The van der Waals surface area contributed by atoms with Crippen LogP contribution >= 0.6 is 0 Å². The fourth-order valence-electron chi connectivity index (χ4n) is 8.86. The molecule has 4 aliphatic rings. The maximum atomic E-state index is 13.8. The fraction of sp³-hybridized carbons (Fsp3) is 0.645. The second-order valence-corrected chi connectivity index (χ2v) is 12.4. The van der Waals surface area contributed by atoms with E-state index in [-0.39, 0.29) is 53.8 Å². The lowest BCUT2D eigenvalue weighted by Gasteiger charge is -2.63. The van der Waals surface area contributed by atoms with Crippen LogP contribution in [0, 0.1) is 33.9 Å². The van der Waals surface area contributed by atoms with E-state index >= 15 is 0 Å². The number of benzene rings is 1. The number of fused-ring (bicyclic) bond motifs is 3. The van der Waals surface area contributed by atoms with Crippen molar-refractivity contribution in [1.82, 2.24) is 0 Å². The number of ether oxygens (including phenoxy) is 2. The molecule has 0 unspecified atom stereocenters. The van der Waals surface area contributed by atoms with Crippen molar-refractivity contribution < 1.29 is 28.2 Å². The first-order valence-corrected chi connectivity index (χ1v) is 13.9. The van der Waals surface area contributed by atoms with Gasteiger partial charge in [0.15, 0.2) is 5.78 Å². The van der Waals surface area contributed by atoms with Crippen LogP contribution in [0.25, 0.3) is 0 Å². The summed E-state index contributed by atoms with van der Waals surface area (Å²) in [5, 5.41) is 0. The molecule has 4 fully saturated rings. The maximum Gasteiger partial charge on any atom is 0.312 e. The lowest BCUT2D eigenvalue weighted by atomic mass is 9.40. The molecule has 0 aliphatic heterocycles. The Bertz CT molecular complexity index is 1130. The number of esters is 2. The molecule has 2 bridgehead atoms. The van der Waals surface area contributed by atoms with Crippen molar-refractivity contribution in [3.63, 3.8) is 0 Å². The van der Waals surface area contributed by atoms with Crippen molar-refractivity contribution >= 4 is 17.7 Å². The van der Waals surface area contributed by atoms with Gasteiger partial charge in [0.25, 0.3) is 0 Å². The second kappa shape index (κ2) is 9.06. The van der Waals surface area contributed by atoms with Crippen molar-refractivity contribution in [3.05, 3.63) is 47.8 Å². The van der Waals surface area contributed by atoms with Gasteiger partial charge in [-0.3, -0.25) is 14.4 Å². The molecule has 0 heterocycles. The minimum absolute atomic E-state index is 0.0766. The molecule has 6 heteroatoms. The SMILES string of the molecule is C=C1C(=O)[C@@]23CC[C@H]4[C@@](C)(CCC[C@@]4(C)C(=O)OCCc4ccc(F)cc4)[C@@H]2CC[C@]1(OC(=O)CC)C3. The van der Waals surface area contributed by atoms with Crippen LogP contribution in [0.5, 0.6) is 0 Å². The highest BCUT2D eigenvalue weighted by Gasteiger charge is 2.72. The topological polar surface area (TPSA) is 69.7 Å². The Kier molecular flexibility index (Phi) is 6.39. The molecule has 37 heavy (non-hydrogen) atoms. The molecule has 0 amide bonds. The summed E-state index contributed by atoms with van der Waals surface area (Å²) in [5.74, 6) is -0.394.